The topological polar surface area (TPSA) is 88.1 Å². The molecule has 8 heteroatoms. The van der Waals surface area contributed by atoms with E-state index in [1.165, 1.54) is 36.4 Å². The number of aromatic nitrogens is 2. The van der Waals surface area contributed by atoms with E-state index in [1.54, 1.807) is 36.4 Å². The van der Waals surface area contributed by atoms with E-state index >= 15 is 0 Å². The van der Waals surface area contributed by atoms with Gasteiger partial charge in [-0.05, 0) is 76.1 Å². The van der Waals surface area contributed by atoms with Gasteiger partial charge in [0, 0.05) is 6.08 Å². The largest absolute Gasteiger partial charge is 0.457 e. The van der Waals surface area contributed by atoms with E-state index in [1.807, 2.05) is 0 Å². The lowest BCUT2D eigenvalue weighted by molar-refractivity contribution is 0.480. The molecule has 0 bridgehead atoms. The number of rotatable bonds is 4. The summed E-state index contributed by atoms with van der Waals surface area (Å²) in [4.78, 5) is 29.9. The molecule has 0 aliphatic heterocycles. The Kier molecular flexibility index (Phi) is 5.49. The van der Waals surface area contributed by atoms with Crippen molar-refractivity contribution in [1.29, 1.82) is 0 Å². The average Bonchev–Trinajstić information content (AvgIpc) is 3.13. The number of aromatic amines is 2. The highest BCUT2D eigenvalue weighted by Crippen LogP contribution is 2.22. The van der Waals surface area contributed by atoms with Crippen LogP contribution in [-0.4, -0.2) is 9.97 Å². The van der Waals surface area contributed by atoms with Crippen molar-refractivity contribution < 1.29 is 13.5 Å². The maximum atomic E-state index is 13.0. The first-order valence-corrected chi connectivity index (χ1v) is 9.60. The Morgan fingerprint density at radius 3 is 2.23 bits per heavy atom. The van der Waals surface area contributed by atoms with Crippen LogP contribution in [0.25, 0.3) is 12.2 Å². The van der Waals surface area contributed by atoms with Crippen LogP contribution in [0.15, 0.2) is 79.3 Å². The van der Waals surface area contributed by atoms with Gasteiger partial charge in [0.05, 0.1) is 0 Å². The Balaban J connectivity index is 1.67. The average molecular weight is 469 g/mol. The quantitative estimate of drug-likeness (QED) is 0.481. The number of nitrogens with one attached hydrogen (secondary N) is 2. The van der Waals surface area contributed by atoms with Crippen molar-refractivity contribution in [3.63, 3.8) is 0 Å². The second kappa shape index (κ2) is 8.38. The Morgan fingerprint density at radius 1 is 0.867 bits per heavy atom. The van der Waals surface area contributed by atoms with Crippen LogP contribution in [0.4, 0.5) is 4.39 Å². The van der Waals surface area contributed by atoms with Crippen molar-refractivity contribution in [2.75, 3.05) is 0 Å². The molecule has 4 aromatic rings. The smallest absolute Gasteiger partial charge is 0.272 e. The van der Waals surface area contributed by atoms with Crippen LogP contribution in [0.2, 0.25) is 0 Å². The minimum atomic E-state index is -0.466. The van der Waals surface area contributed by atoms with Crippen LogP contribution < -0.4 is 26.6 Å². The van der Waals surface area contributed by atoms with Gasteiger partial charge in [-0.1, -0.05) is 12.1 Å². The third-order valence-corrected chi connectivity index (χ3v) is 4.51. The molecule has 0 saturated carbocycles. The Labute approximate surface area is 177 Å². The van der Waals surface area contributed by atoms with Crippen molar-refractivity contribution in [3.8, 4) is 11.5 Å². The minimum absolute atomic E-state index is 0.0763. The zero-order valence-electron chi connectivity index (χ0n) is 15.3. The molecule has 2 heterocycles. The molecule has 30 heavy (non-hydrogen) atoms. The molecule has 0 spiro atoms. The van der Waals surface area contributed by atoms with Crippen molar-refractivity contribution >= 4 is 28.1 Å². The molecule has 150 valence electrons. The first kappa shape index (κ1) is 19.7. The van der Waals surface area contributed by atoms with Crippen LogP contribution in [0.1, 0.15) is 11.3 Å². The van der Waals surface area contributed by atoms with Crippen LogP contribution in [0, 0.1) is 5.82 Å². The summed E-state index contributed by atoms with van der Waals surface area (Å²) in [5.41, 5.74) is -0.286. The summed E-state index contributed by atoms with van der Waals surface area (Å²) in [6.07, 6.45) is 2.97. The number of benzene rings is 2. The monoisotopic (exact) mass is 468 g/mol. The molecule has 2 aromatic heterocycles. The fourth-order valence-electron chi connectivity index (χ4n) is 2.72. The SMILES string of the molecule is O=c1[nH]/c(=C\c2ccc(Br)o2)c(=O)[nH]/c1=C\c1cccc(Oc2ccc(F)cc2)c1. The summed E-state index contributed by atoms with van der Waals surface area (Å²) in [7, 11) is 0. The van der Waals surface area contributed by atoms with Gasteiger partial charge in [-0.2, -0.15) is 0 Å². The second-order valence-electron chi connectivity index (χ2n) is 6.29. The standard InChI is InChI=1S/C22H14BrFN2O4/c23-20-9-8-17(30-20)12-19-22(28)25-18(21(27)26-19)11-13-2-1-3-16(10-13)29-15-6-4-14(24)5-7-15/h1-12H,(H,25,28)(H,26,27)/b18-11-,19-12-. The fraction of sp³-hybridized carbons (Fsp3) is 0. The van der Waals surface area contributed by atoms with Gasteiger partial charge < -0.3 is 19.1 Å². The van der Waals surface area contributed by atoms with E-state index in [2.05, 4.69) is 25.9 Å². The molecule has 2 aromatic carbocycles. The predicted octanol–water partition coefficient (Wildman–Crippen LogP) is 3.01. The first-order valence-electron chi connectivity index (χ1n) is 8.81. The van der Waals surface area contributed by atoms with E-state index in [-0.39, 0.29) is 16.5 Å². The molecule has 6 nitrogen and oxygen atoms in total. The Morgan fingerprint density at radius 2 is 1.57 bits per heavy atom. The van der Waals surface area contributed by atoms with Gasteiger partial charge in [0.2, 0.25) is 0 Å². The first-order chi connectivity index (χ1) is 14.5. The van der Waals surface area contributed by atoms with Gasteiger partial charge in [0.15, 0.2) is 4.67 Å². The molecule has 0 atom stereocenters. The summed E-state index contributed by atoms with van der Waals surface area (Å²) in [6, 6.07) is 15.9. The van der Waals surface area contributed by atoms with Crippen molar-refractivity contribution in [2.45, 2.75) is 0 Å². The van der Waals surface area contributed by atoms with E-state index in [4.69, 9.17) is 9.15 Å². The highest BCUT2D eigenvalue weighted by atomic mass is 79.9. The number of hydrogen-bond acceptors (Lipinski definition) is 4. The summed E-state index contributed by atoms with van der Waals surface area (Å²) in [6.45, 7) is 0. The molecule has 0 aliphatic carbocycles. The van der Waals surface area contributed by atoms with Crippen molar-refractivity contribution in [1.82, 2.24) is 9.97 Å². The number of hydrogen-bond donors (Lipinski definition) is 2. The van der Waals surface area contributed by atoms with E-state index in [0.29, 0.717) is 27.5 Å². The summed E-state index contributed by atoms with van der Waals surface area (Å²) < 4.78 is 24.5. The van der Waals surface area contributed by atoms with Gasteiger partial charge in [-0.3, -0.25) is 9.59 Å². The second-order valence-corrected chi connectivity index (χ2v) is 7.08. The van der Waals surface area contributed by atoms with Crippen molar-refractivity contribution in [2.24, 2.45) is 0 Å². The van der Waals surface area contributed by atoms with Gasteiger partial charge in [-0.25, -0.2) is 4.39 Å². The molecule has 0 aliphatic rings. The molecule has 4 rings (SSSR count). The number of ether oxygens (including phenoxy) is 1. The van der Waals surface area contributed by atoms with Crippen LogP contribution in [0.3, 0.4) is 0 Å². The van der Waals surface area contributed by atoms with E-state index in [9.17, 15) is 14.0 Å². The third-order valence-electron chi connectivity index (χ3n) is 4.08. The van der Waals surface area contributed by atoms with Gasteiger partial charge in [0.1, 0.15) is 33.8 Å². The minimum Gasteiger partial charge on any atom is -0.457 e. The predicted molar refractivity (Wildman–Crippen MR) is 113 cm³/mol. The van der Waals surface area contributed by atoms with E-state index in [0.717, 1.165) is 0 Å². The van der Waals surface area contributed by atoms with Gasteiger partial charge >= 0.3 is 0 Å². The molecular formula is C22H14BrFN2O4. The lowest BCUT2D eigenvalue weighted by Gasteiger charge is -2.06. The van der Waals surface area contributed by atoms with E-state index < -0.39 is 11.1 Å². The molecule has 0 amide bonds. The summed E-state index contributed by atoms with van der Waals surface area (Å²) >= 11 is 3.18. The lowest BCUT2D eigenvalue weighted by Crippen LogP contribution is -2.46. The zero-order chi connectivity index (χ0) is 21.1. The van der Waals surface area contributed by atoms with Gasteiger partial charge in [0.25, 0.3) is 11.1 Å². The number of furan rings is 1. The summed E-state index contributed by atoms with van der Waals surface area (Å²) in [5.74, 6) is 1.05. The number of halogens is 2. The van der Waals surface area contributed by atoms with Crippen LogP contribution >= 0.6 is 15.9 Å². The molecule has 0 saturated heterocycles. The molecular weight excluding hydrogens is 455 g/mol. The van der Waals surface area contributed by atoms with Crippen molar-refractivity contribution in [3.05, 3.63) is 114 Å². The Hall–Kier alpha value is -3.65. The lowest BCUT2D eigenvalue weighted by atomic mass is 10.2. The molecule has 0 radical (unpaired) electrons. The Bertz CT molecular complexity index is 1440. The maximum Gasteiger partial charge on any atom is 0.272 e. The van der Waals surface area contributed by atoms with Crippen LogP contribution in [0.5, 0.6) is 11.5 Å². The number of H-pyrrole nitrogens is 2. The third kappa shape index (κ3) is 4.66. The normalized spacial score (nSPS) is 12.3. The molecule has 2 N–H and O–H groups in total. The fourth-order valence-corrected chi connectivity index (χ4v) is 3.04. The summed E-state index contributed by atoms with van der Waals surface area (Å²) in [5, 5.41) is 0.170. The highest BCUT2D eigenvalue weighted by Gasteiger charge is 2.02. The van der Waals surface area contributed by atoms with Gasteiger partial charge in [-0.15, -0.1) is 0 Å². The molecule has 0 unspecified atom stereocenters. The molecule has 0 fully saturated rings. The maximum absolute atomic E-state index is 13.0. The van der Waals surface area contributed by atoms with Crippen LogP contribution in [-0.2, 0) is 0 Å². The zero-order valence-corrected chi connectivity index (χ0v) is 16.9. The highest BCUT2D eigenvalue weighted by molar-refractivity contribution is 9.10.